The first-order valence-electron chi connectivity index (χ1n) is 2.93. The summed E-state index contributed by atoms with van der Waals surface area (Å²) in [5.41, 5.74) is 0.534. The highest BCUT2D eigenvalue weighted by atomic mass is 16.4. The van der Waals surface area contributed by atoms with Crippen LogP contribution in [0.5, 0.6) is 0 Å². The molecule has 54 valence electrons. The van der Waals surface area contributed by atoms with Crippen LogP contribution in [0.15, 0.2) is 18.3 Å². The average molecular weight is 148 g/mol. The van der Waals surface area contributed by atoms with E-state index >= 15 is 0 Å². The van der Waals surface area contributed by atoms with E-state index in [-0.39, 0.29) is 5.59 Å². The van der Waals surface area contributed by atoms with E-state index in [0.717, 1.165) is 0 Å². The van der Waals surface area contributed by atoms with Crippen molar-refractivity contribution in [2.75, 3.05) is 0 Å². The Labute approximate surface area is 64.1 Å². The lowest BCUT2D eigenvalue weighted by Crippen LogP contribution is -2.32. The second kappa shape index (κ2) is 3.15. The highest BCUT2D eigenvalue weighted by Crippen LogP contribution is 2.05. The van der Waals surface area contributed by atoms with Gasteiger partial charge in [0, 0.05) is 6.20 Å². The highest BCUT2D eigenvalue weighted by molar-refractivity contribution is 6.57. The lowest BCUT2D eigenvalue weighted by atomic mass is 9.86. The summed E-state index contributed by atoms with van der Waals surface area (Å²) >= 11 is 0. The molecule has 0 saturated carbocycles. The quantitative estimate of drug-likeness (QED) is 0.409. The molecule has 2 N–H and O–H groups in total. The van der Waals surface area contributed by atoms with Gasteiger partial charge in [0.1, 0.15) is 0 Å². The van der Waals surface area contributed by atoms with E-state index in [9.17, 15) is 0 Å². The van der Waals surface area contributed by atoms with Gasteiger partial charge >= 0.3 is 7.12 Å². The summed E-state index contributed by atoms with van der Waals surface area (Å²) < 4.78 is 0. The Morgan fingerprint density at radius 2 is 2.18 bits per heavy atom. The van der Waals surface area contributed by atoms with Gasteiger partial charge in [-0.2, -0.15) is 0 Å². The molecule has 11 heavy (non-hydrogen) atoms. The van der Waals surface area contributed by atoms with Crippen LogP contribution >= 0.6 is 0 Å². The van der Waals surface area contributed by atoms with Crippen LogP contribution in [-0.4, -0.2) is 22.2 Å². The second-order valence-electron chi connectivity index (χ2n) is 1.93. The molecule has 1 aromatic heterocycles. The zero-order valence-electron chi connectivity index (χ0n) is 5.60. The van der Waals surface area contributed by atoms with Crippen molar-refractivity contribution in [2.45, 2.75) is 0 Å². The summed E-state index contributed by atoms with van der Waals surface area (Å²) in [4.78, 5) is 6.73. The predicted molar refractivity (Wildman–Crippen MR) is 40.3 cm³/mol. The van der Waals surface area contributed by atoms with Gasteiger partial charge in [0.2, 0.25) is 5.69 Å². The van der Waals surface area contributed by atoms with Crippen molar-refractivity contribution < 1.29 is 10.0 Å². The number of pyridine rings is 1. The summed E-state index contributed by atoms with van der Waals surface area (Å²) in [5, 5.41) is 17.2. The Hall–Kier alpha value is -1.38. The van der Waals surface area contributed by atoms with Crippen LogP contribution < -0.4 is 5.59 Å². The van der Waals surface area contributed by atoms with Gasteiger partial charge in [-0.05, 0) is 0 Å². The summed E-state index contributed by atoms with van der Waals surface area (Å²) in [6.45, 7) is 6.58. The van der Waals surface area contributed by atoms with Crippen LogP contribution in [0.4, 0.5) is 5.69 Å². The fourth-order valence-electron chi connectivity index (χ4n) is 0.616. The number of aromatic nitrogens is 1. The maximum atomic E-state index is 8.60. The van der Waals surface area contributed by atoms with Gasteiger partial charge in [-0.3, -0.25) is 4.98 Å². The number of hydrogen-bond donors (Lipinski definition) is 2. The van der Waals surface area contributed by atoms with Crippen molar-refractivity contribution >= 4 is 18.4 Å². The minimum Gasteiger partial charge on any atom is -0.422 e. The lowest BCUT2D eigenvalue weighted by molar-refractivity contribution is 0.424. The molecule has 1 aromatic rings. The van der Waals surface area contributed by atoms with E-state index in [0.29, 0.717) is 5.69 Å². The zero-order valence-corrected chi connectivity index (χ0v) is 5.60. The molecule has 0 saturated heterocycles. The topological polar surface area (TPSA) is 57.7 Å². The molecule has 0 bridgehead atoms. The van der Waals surface area contributed by atoms with Crippen molar-refractivity contribution in [3.05, 3.63) is 29.7 Å². The maximum absolute atomic E-state index is 8.60. The third-order valence-electron chi connectivity index (χ3n) is 1.16. The normalized spacial score (nSPS) is 8.82. The van der Waals surface area contributed by atoms with E-state index in [2.05, 4.69) is 9.83 Å². The van der Waals surface area contributed by atoms with Crippen LogP contribution in [0.3, 0.4) is 0 Å². The molecule has 0 spiro atoms. The van der Waals surface area contributed by atoms with Crippen molar-refractivity contribution in [3.63, 3.8) is 0 Å². The van der Waals surface area contributed by atoms with E-state index in [4.69, 9.17) is 16.6 Å². The van der Waals surface area contributed by atoms with E-state index in [1.54, 1.807) is 0 Å². The molecule has 0 aliphatic carbocycles. The van der Waals surface area contributed by atoms with Crippen molar-refractivity contribution in [1.82, 2.24) is 4.98 Å². The summed E-state index contributed by atoms with van der Waals surface area (Å²) in [6, 6.07) is 2.88. The Bertz CT molecular complexity index is 278. The minimum atomic E-state index is -1.56. The molecule has 1 rings (SSSR count). The first kappa shape index (κ1) is 7.73. The van der Waals surface area contributed by atoms with Crippen LogP contribution in [0.1, 0.15) is 0 Å². The molecule has 0 fully saturated rings. The Balaban J connectivity index is 2.94. The molecular formula is C6H5BN2O2. The summed E-state index contributed by atoms with van der Waals surface area (Å²) in [6.07, 6.45) is 1.29. The van der Waals surface area contributed by atoms with Crippen LogP contribution in [0.2, 0.25) is 0 Å². The predicted octanol–water partition coefficient (Wildman–Crippen LogP) is -0.688. The van der Waals surface area contributed by atoms with E-state index in [1.807, 2.05) is 0 Å². The molecular weight excluding hydrogens is 143 g/mol. The number of hydrogen-bond acceptors (Lipinski definition) is 3. The Morgan fingerprint density at radius 1 is 1.45 bits per heavy atom. The fraction of sp³-hybridized carbons (Fsp3) is 0. The number of nitrogens with zero attached hydrogens (tertiary/aromatic N) is 2. The standard InChI is InChI=1S/C6H5BN2O2/c1-8-5-2-3-6(7(10)11)9-4-5/h2-4,10-11H. The van der Waals surface area contributed by atoms with Gasteiger partial charge in [0.05, 0.1) is 12.2 Å². The summed E-state index contributed by atoms with van der Waals surface area (Å²) in [7, 11) is -1.56. The van der Waals surface area contributed by atoms with Crippen LogP contribution in [0, 0.1) is 6.57 Å². The zero-order chi connectivity index (χ0) is 8.27. The molecule has 0 radical (unpaired) electrons. The second-order valence-corrected chi connectivity index (χ2v) is 1.93. The third-order valence-corrected chi connectivity index (χ3v) is 1.16. The SMILES string of the molecule is [C-]#[N+]c1ccc(B(O)O)nc1. The van der Waals surface area contributed by atoms with Gasteiger partial charge in [-0.1, -0.05) is 12.1 Å². The van der Waals surface area contributed by atoms with Gasteiger partial charge in [-0.25, -0.2) is 4.85 Å². The smallest absolute Gasteiger partial charge is 0.422 e. The van der Waals surface area contributed by atoms with Crippen molar-refractivity contribution in [2.24, 2.45) is 0 Å². The first-order valence-corrected chi connectivity index (χ1v) is 2.93. The van der Waals surface area contributed by atoms with Gasteiger partial charge < -0.3 is 10.0 Å². The first-order chi connectivity index (χ1) is 5.24. The summed E-state index contributed by atoms with van der Waals surface area (Å²) in [5.74, 6) is 0. The van der Waals surface area contributed by atoms with Crippen LogP contribution in [-0.2, 0) is 0 Å². The Morgan fingerprint density at radius 3 is 2.55 bits per heavy atom. The van der Waals surface area contributed by atoms with Gasteiger partial charge in [-0.15, -0.1) is 0 Å². The largest absolute Gasteiger partial charge is 0.507 e. The van der Waals surface area contributed by atoms with Gasteiger partial charge in [0.25, 0.3) is 0 Å². The van der Waals surface area contributed by atoms with Crippen molar-refractivity contribution in [3.8, 4) is 0 Å². The molecule has 0 aliphatic heterocycles. The Kier molecular flexibility index (Phi) is 2.21. The van der Waals surface area contributed by atoms with Crippen molar-refractivity contribution in [1.29, 1.82) is 0 Å². The molecule has 0 amide bonds. The molecule has 4 nitrogen and oxygen atoms in total. The fourth-order valence-corrected chi connectivity index (χ4v) is 0.616. The van der Waals surface area contributed by atoms with E-state index in [1.165, 1.54) is 18.3 Å². The van der Waals surface area contributed by atoms with E-state index < -0.39 is 7.12 Å². The minimum absolute atomic E-state index is 0.150. The van der Waals surface area contributed by atoms with Crippen LogP contribution in [0.25, 0.3) is 4.85 Å². The maximum Gasteiger partial charge on any atom is 0.507 e. The molecule has 0 aromatic carbocycles. The van der Waals surface area contributed by atoms with Gasteiger partial charge in [0.15, 0.2) is 0 Å². The highest BCUT2D eigenvalue weighted by Gasteiger charge is 2.11. The molecule has 5 heteroatoms. The molecule has 0 aliphatic rings. The molecule has 0 unspecified atom stereocenters. The number of rotatable bonds is 1. The molecule has 0 atom stereocenters. The molecule has 1 heterocycles. The average Bonchev–Trinajstić information content (AvgIpc) is 2.05. The monoisotopic (exact) mass is 148 g/mol. The lowest BCUT2D eigenvalue weighted by Gasteiger charge is -1.95. The third kappa shape index (κ3) is 1.77.